The summed E-state index contributed by atoms with van der Waals surface area (Å²) in [6.45, 7) is 7.64. The highest BCUT2D eigenvalue weighted by Crippen LogP contribution is 2.32. The summed E-state index contributed by atoms with van der Waals surface area (Å²) in [6, 6.07) is 6.43. The van der Waals surface area contributed by atoms with Gasteiger partial charge in [-0.05, 0) is 72.1 Å². The standard InChI is InChI=1S/C14H18BrNS/c1-14(2,3)16-8-7-10-9-17-13-11(10)5-4-6-12(13)15/h4-6,9,16H,7-8H2,1-3H3. The first-order valence-electron chi connectivity index (χ1n) is 5.87. The Kier molecular flexibility index (Phi) is 3.91. The van der Waals surface area contributed by atoms with Crippen molar-refractivity contribution in [2.24, 2.45) is 0 Å². The minimum absolute atomic E-state index is 0.201. The van der Waals surface area contributed by atoms with Crippen molar-refractivity contribution < 1.29 is 0 Å². The Labute approximate surface area is 115 Å². The summed E-state index contributed by atoms with van der Waals surface area (Å²) in [5, 5.41) is 7.20. The monoisotopic (exact) mass is 311 g/mol. The van der Waals surface area contributed by atoms with Crippen LogP contribution in [-0.2, 0) is 6.42 Å². The number of rotatable bonds is 3. The summed E-state index contributed by atoms with van der Waals surface area (Å²) in [4.78, 5) is 0. The molecule has 92 valence electrons. The maximum Gasteiger partial charge on any atom is 0.0487 e. The van der Waals surface area contributed by atoms with Crippen LogP contribution in [0.25, 0.3) is 10.1 Å². The molecule has 0 amide bonds. The highest BCUT2D eigenvalue weighted by molar-refractivity contribution is 9.10. The molecule has 17 heavy (non-hydrogen) atoms. The molecule has 0 bridgehead atoms. The molecule has 0 fully saturated rings. The smallest absolute Gasteiger partial charge is 0.0487 e. The zero-order valence-electron chi connectivity index (χ0n) is 10.5. The van der Waals surface area contributed by atoms with Gasteiger partial charge in [-0.25, -0.2) is 0 Å². The predicted octanol–water partition coefficient (Wildman–Crippen LogP) is 4.59. The van der Waals surface area contributed by atoms with Crippen LogP contribution in [-0.4, -0.2) is 12.1 Å². The fraction of sp³-hybridized carbons (Fsp3) is 0.429. The zero-order chi connectivity index (χ0) is 12.5. The fourth-order valence-corrected chi connectivity index (χ4v) is 3.50. The lowest BCUT2D eigenvalue weighted by Crippen LogP contribution is -2.37. The molecule has 0 aliphatic heterocycles. The van der Waals surface area contributed by atoms with E-state index < -0.39 is 0 Å². The number of thiophene rings is 1. The van der Waals surface area contributed by atoms with Crippen LogP contribution in [0.5, 0.6) is 0 Å². The number of nitrogens with one attached hydrogen (secondary N) is 1. The third kappa shape index (κ3) is 3.30. The first-order valence-corrected chi connectivity index (χ1v) is 7.54. The van der Waals surface area contributed by atoms with E-state index in [2.05, 4.69) is 65.6 Å². The van der Waals surface area contributed by atoms with Crippen LogP contribution < -0.4 is 5.32 Å². The molecule has 0 saturated heterocycles. The van der Waals surface area contributed by atoms with Crippen LogP contribution in [0.1, 0.15) is 26.3 Å². The largest absolute Gasteiger partial charge is 0.312 e. The normalized spacial score (nSPS) is 12.2. The van der Waals surface area contributed by atoms with Gasteiger partial charge >= 0.3 is 0 Å². The van der Waals surface area contributed by atoms with Crippen molar-refractivity contribution >= 4 is 37.4 Å². The molecule has 1 heterocycles. The molecule has 2 aromatic rings. The van der Waals surface area contributed by atoms with Gasteiger partial charge < -0.3 is 5.32 Å². The van der Waals surface area contributed by atoms with Crippen LogP contribution in [0.15, 0.2) is 28.1 Å². The van der Waals surface area contributed by atoms with E-state index in [1.807, 2.05) is 11.3 Å². The molecule has 0 radical (unpaired) electrons. The van der Waals surface area contributed by atoms with E-state index in [9.17, 15) is 0 Å². The summed E-state index contributed by atoms with van der Waals surface area (Å²) in [5.41, 5.74) is 1.65. The van der Waals surface area contributed by atoms with Gasteiger partial charge in [0.25, 0.3) is 0 Å². The number of halogens is 1. The van der Waals surface area contributed by atoms with Gasteiger partial charge in [0.1, 0.15) is 0 Å². The second-order valence-corrected chi connectivity index (χ2v) is 7.04. The predicted molar refractivity (Wildman–Crippen MR) is 81.0 cm³/mol. The number of benzene rings is 1. The molecular formula is C14H18BrNS. The van der Waals surface area contributed by atoms with E-state index in [1.54, 1.807) is 0 Å². The second kappa shape index (κ2) is 5.09. The fourth-order valence-electron chi connectivity index (χ4n) is 1.84. The average molecular weight is 312 g/mol. The van der Waals surface area contributed by atoms with Gasteiger partial charge in [-0.3, -0.25) is 0 Å². The van der Waals surface area contributed by atoms with Gasteiger partial charge in [-0.1, -0.05) is 12.1 Å². The van der Waals surface area contributed by atoms with Crippen molar-refractivity contribution in [1.29, 1.82) is 0 Å². The first-order chi connectivity index (χ1) is 7.97. The SMILES string of the molecule is CC(C)(C)NCCc1csc2c(Br)cccc12. The summed E-state index contributed by atoms with van der Waals surface area (Å²) in [7, 11) is 0. The maximum absolute atomic E-state index is 3.60. The topological polar surface area (TPSA) is 12.0 Å². The molecule has 0 atom stereocenters. The Balaban J connectivity index is 2.12. The van der Waals surface area contributed by atoms with E-state index in [1.165, 1.54) is 20.1 Å². The molecule has 1 aromatic heterocycles. The minimum atomic E-state index is 0.201. The lowest BCUT2D eigenvalue weighted by Gasteiger charge is -2.20. The Morgan fingerprint density at radius 2 is 2.06 bits per heavy atom. The lowest BCUT2D eigenvalue weighted by molar-refractivity contribution is 0.430. The molecule has 0 aliphatic carbocycles. The van der Waals surface area contributed by atoms with Gasteiger partial charge in [0.2, 0.25) is 0 Å². The highest BCUT2D eigenvalue weighted by Gasteiger charge is 2.10. The molecule has 0 aliphatic rings. The third-order valence-corrected chi connectivity index (χ3v) is 4.68. The van der Waals surface area contributed by atoms with Crippen LogP contribution in [0.3, 0.4) is 0 Å². The number of fused-ring (bicyclic) bond motifs is 1. The van der Waals surface area contributed by atoms with Crippen molar-refractivity contribution in [1.82, 2.24) is 5.32 Å². The summed E-state index contributed by atoms with van der Waals surface area (Å²) < 4.78 is 2.56. The first kappa shape index (κ1) is 13.1. The van der Waals surface area contributed by atoms with Crippen LogP contribution in [0.2, 0.25) is 0 Å². The van der Waals surface area contributed by atoms with Crippen molar-refractivity contribution in [3.05, 3.63) is 33.6 Å². The number of hydrogen-bond acceptors (Lipinski definition) is 2. The Bertz CT molecular complexity index is 510. The Hall–Kier alpha value is -0.380. The van der Waals surface area contributed by atoms with E-state index in [0.717, 1.165) is 13.0 Å². The van der Waals surface area contributed by atoms with E-state index in [4.69, 9.17) is 0 Å². The van der Waals surface area contributed by atoms with Gasteiger partial charge in [0.15, 0.2) is 0 Å². The van der Waals surface area contributed by atoms with Crippen molar-refractivity contribution in [3.8, 4) is 0 Å². The van der Waals surface area contributed by atoms with Gasteiger partial charge in [0.05, 0.1) is 0 Å². The summed E-state index contributed by atoms with van der Waals surface area (Å²) in [6.07, 6.45) is 1.09. The molecule has 0 saturated carbocycles. The molecule has 3 heteroatoms. The third-order valence-electron chi connectivity index (χ3n) is 2.68. The van der Waals surface area contributed by atoms with Crippen LogP contribution in [0, 0.1) is 0 Å². The zero-order valence-corrected chi connectivity index (χ0v) is 12.9. The number of hydrogen-bond donors (Lipinski definition) is 1. The lowest BCUT2D eigenvalue weighted by atomic mass is 10.1. The molecular weight excluding hydrogens is 294 g/mol. The molecule has 0 spiro atoms. The van der Waals surface area contributed by atoms with Gasteiger partial charge in [-0.2, -0.15) is 0 Å². The van der Waals surface area contributed by atoms with Crippen molar-refractivity contribution in [2.45, 2.75) is 32.7 Å². The van der Waals surface area contributed by atoms with E-state index in [-0.39, 0.29) is 5.54 Å². The van der Waals surface area contributed by atoms with Crippen LogP contribution in [0.4, 0.5) is 0 Å². The Morgan fingerprint density at radius 3 is 2.76 bits per heavy atom. The molecule has 1 N–H and O–H groups in total. The second-order valence-electron chi connectivity index (χ2n) is 5.30. The summed E-state index contributed by atoms with van der Waals surface area (Å²) in [5.74, 6) is 0. The molecule has 2 rings (SSSR count). The van der Waals surface area contributed by atoms with Crippen molar-refractivity contribution in [2.75, 3.05) is 6.54 Å². The maximum atomic E-state index is 3.60. The molecule has 1 nitrogen and oxygen atoms in total. The Morgan fingerprint density at radius 1 is 1.29 bits per heavy atom. The molecule has 0 unspecified atom stereocenters. The average Bonchev–Trinajstić information content (AvgIpc) is 2.61. The van der Waals surface area contributed by atoms with Gasteiger partial charge in [-0.15, -0.1) is 11.3 Å². The van der Waals surface area contributed by atoms with Crippen molar-refractivity contribution in [3.63, 3.8) is 0 Å². The van der Waals surface area contributed by atoms with E-state index >= 15 is 0 Å². The van der Waals surface area contributed by atoms with Gasteiger partial charge in [0, 0.05) is 14.7 Å². The molecule has 1 aromatic carbocycles. The minimum Gasteiger partial charge on any atom is -0.312 e. The van der Waals surface area contributed by atoms with Crippen LogP contribution >= 0.6 is 27.3 Å². The summed E-state index contributed by atoms with van der Waals surface area (Å²) >= 11 is 5.43. The highest BCUT2D eigenvalue weighted by atomic mass is 79.9. The van der Waals surface area contributed by atoms with E-state index in [0.29, 0.717) is 0 Å². The quantitative estimate of drug-likeness (QED) is 0.874.